The Morgan fingerprint density at radius 1 is 1.20 bits per heavy atom. The summed E-state index contributed by atoms with van der Waals surface area (Å²) < 4.78 is 6.68. The van der Waals surface area contributed by atoms with Gasteiger partial charge in [-0.1, -0.05) is 22.0 Å². The molecule has 4 aliphatic rings. The van der Waals surface area contributed by atoms with Crippen molar-refractivity contribution in [3.8, 4) is 0 Å². The van der Waals surface area contributed by atoms with E-state index in [1.165, 1.54) is 5.56 Å². The molecule has 1 unspecified atom stereocenters. The average molecular weight is 492 g/mol. The van der Waals surface area contributed by atoms with E-state index in [1.807, 2.05) is 4.90 Å². The number of rotatable bonds is 2. The first-order valence-electron chi connectivity index (χ1n) is 11.1. The molecule has 5 rings (SSSR count). The number of benzene rings is 1. The van der Waals surface area contributed by atoms with Crippen molar-refractivity contribution in [2.45, 2.75) is 62.6 Å². The Balaban J connectivity index is 1.57. The first-order valence-corrected chi connectivity index (χ1v) is 12.3. The first-order chi connectivity index (χ1) is 14.4. The second-order valence-corrected chi connectivity index (χ2v) is 10.9. The number of halogens is 1. The number of hydrogen-bond acceptors (Lipinski definition) is 4. The predicted octanol–water partition coefficient (Wildman–Crippen LogP) is 3.59. The number of hydrogen-bond donors (Lipinski definition) is 1. The summed E-state index contributed by atoms with van der Waals surface area (Å²) in [5, 5.41) is 4.27. The molecule has 0 radical (unpaired) electrons. The molecule has 1 atom stereocenters. The van der Waals surface area contributed by atoms with Crippen molar-refractivity contribution in [2.75, 3.05) is 27.2 Å². The number of piperidine rings is 1. The molecule has 5 nitrogen and oxygen atoms in total. The summed E-state index contributed by atoms with van der Waals surface area (Å²) in [6, 6.07) is 6.63. The monoisotopic (exact) mass is 491 g/mol. The standard InChI is InChI=1S/C23H30BrN3O2S/c1-26-11-7-17(8-12-26)27-20(28)23(25-21(27)30)19-13-16(24)4-3-15(19)14-22(23)9-5-18(29-2)6-10-22/h3-4,13,17-18H,5-12,14H2,1-2H3,(H,25,30). The number of carbonyl (C=O) groups excluding carboxylic acids is 1. The maximum Gasteiger partial charge on any atom is 0.260 e. The number of methoxy groups -OCH3 is 1. The van der Waals surface area contributed by atoms with Crippen LogP contribution >= 0.6 is 28.1 Å². The van der Waals surface area contributed by atoms with Gasteiger partial charge in [-0.25, -0.2) is 0 Å². The lowest BCUT2D eigenvalue weighted by molar-refractivity contribution is -0.140. The molecule has 2 aliphatic heterocycles. The number of thiocarbonyl (C=S) groups is 1. The molecular weight excluding hydrogens is 462 g/mol. The highest BCUT2D eigenvalue weighted by molar-refractivity contribution is 9.10. The van der Waals surface area contributed by atoms with Gasteiger partial charge in [0, 0.05) is 23.0 Å². The van der Waals surface area contributed by atoms with Gasteiger partial charge in [-0.3, -0.25) is 9.69 Å². The molecule has 0 bridgehead atoms. The Morgan fingerprint density at radius 2 is 1.90 bits per heavy atom. The Kier molecular flexibility index (Phi) is 5.24. The lowest BCUT2D eigenvalue weighted by atomic mass is 9.61. The van der Waals surface area contributed by atoms with E-state index in [0.29, 0.717) is 5.11 Å². The van der Waals surface area contributed by atoms with Gasteiger partial charge in [0.15, 0.2) is 10.7 Å². The minimum absolute atomic E-state index is 0.146. The minimum Gasteiger partial charge on any atom is -0.381 e. The van der Waals surface area contributed by atoms with Crippen LogP contribution in [-0.2, 0) is 21.5 Å². The Hall–Kier alpha value is -1.02. The summed E-state index contributed by atoms with van der Waals surface area (Å²) in [6.07, 6.45) is 7.09. The van der Waals surface area contributed by atoms with Gasteiger partial charge < -0.3 is 15.0 Å². The summed E-state index contributed by atoms with van der Waals surface area (Å²) in [4.78, 5) is 18.6. The fourth-order valence-electron chi connectivity index (χ4n) is 6.44. The maximum atomic E-state index is 14.3. The van der Waals surface area contributed by atoms with Crippen LogP contribution in [0.15, 0.2) is 22.7 Å². The van der Waals surface area contributed by atoms with Crippen LogP contribution in [-0.4, -0.2) is 60.2 Å². The molecule has 2 aliphatic carbocycles. The molecule has 1 amide bonds. The van der Waals surface area contributed by atoms with Crippen LogP contribution in [0, 0.1) is 5.41 Å². The van der Waals surface area contributed by atoms with Crippen LogP contribution in [0.2, 0.25) is 0 Å². The molecule has 162 valence electrons. The number of ether oxygens (including phenoxy) is 1. The van der Waals surface area contributed by atoms with E-state index in [2.05, 4.69) is 51.4 Å². The van der Waals surface area contributed by atoms with Crippen LogP contribution < -0.4 is 5.32 Å². The number of nitrogens with zero attached hydrogens (tertiary/aromatic N) is 2. The van der Waals surface area contributed by atoms with Crippen molar-refractivity contribution in [1.29, 1.82) is 0 Å². The summed E-state index contributed by atoms with van der Waals surface area (Å²) in [5.41, 5.74) is 1.51. The highest BCUT2D eigenvalue weighted by Gasteiger charge is 2.67. The van der Waals surface area contributed by atoms with Gasteiger partial charge in [0.1, 0.15) is 0 Å². The van der Waals surface area contributed by atoms with E-state index < -0.39 is 5.54 Å². The number of fused-ring (bicyclic) bond motifs is 3. The van der Waals surface area contributed by atoms with Crippen LogP contribution in [0.5, 0.6) is 0 Å². The lowest BCUT2D eigenvalue weighted by Gasteiger charge is -2.46. The van der Waals surface area contributed by atoms with Crippen molar-refractivity contribution >= 4 is 39.2 Å². The van der Waals surface area contributed by atoms with Crippen molar-refractivity contribution in [3.05, 3.63) is 33.8 Å². The number of nitrogens with one attached hydrogen (secondary N) is 1. The zero-order valence-corrected chi connectivity index (χ0v) is 20.2. The van der Waals surface area contributed by atoms with E-state index in [1.54, 1.807) is 7.11 Å². The van der Waals surface area contributed by atoms with Crippen LogP contribution in [0.3, 0.4) is 0 Å². The van der Waals surface area contributed by atoms with Gasteiger partial charge in [0.2, 0.25) is 0 Å². The zero-order valence-electron chi connectivity index (χ0n) is 17.7. The third-order valence-corrected chi connectivity index (χ3v) is 8.92. The number of carbonyl (C=O) groups is 1. The summed E-state index contributed by atoms with van der Waals surface area (Å²) >= 11 is 9.49. The van der Waals surface area contributed by atoms with E-state index >= 15 is 0 Å². The van der Waals surface area contributed by atoms with E-state index in [9.17, 15) is 4.79 Å². The van der Waals surface area contributed by atoms with Crippen LogP contribution in [0.25, 0.3) is 0 Å². The van der Waals surface area contributed by atoms with Crippen molar-refractivity contribution < 1.29 is 9.53 Å². The lowest BCUT2D eigenvalue weighted by Crippen LogP contribution is -2.57. The van der Waals surface area contributed by atoms with Gasteiger partial charge in [-0.05, 0) is 101 Å². The first kappa shape index (κ1) is 20.9. The van der Waals surface area contributed by atoms with Gasteiger partial charge in [0.25, 0.3) is 5.91 Å². The van der Waals surface area contributed by atoms with Gasteiger partial charge in [-0.15, -0.1) is 0 Å². The molecule has 0 aromatic heterocycles. The summed E-state index contributed by atoms with van der Waals surface area (Å²) in [5.74, 6) is 0.176. The Labute approximate surface area is 192 Å². The zero-order chi connectivity index (χ0) is 21.1. The molecular formula is C23H30BrN3O2S. The quantitative estimate of drug-likeness (QED) is 0.640. The molecule has 3 fully saturated rings. The smallest absolute Gasteiger partial charge is 0.260 e. The molecule has 2 spiro atoms. The maximum absolute atomic E-state index is 14.3. The highest BCUT2D eigenvalue weighted by Crippen LogP contribution is 2.60. The minimum atomic E-state index is -0.745. The summed E-state index contributed by atoms with van der Waals surface area (Å²) in [7, 11) is 3.95. The van der Waals surface area contributed by atoms with Crippen LogP contribution in [0.4, 0.5) is 0 Å². The van der Waals surface area contributed by atoms with E-state index in [4.69, 9.17) is 17.0 Å². The Bertz CT molecular complexity index is 877. The van der Waals surface area contributed by atoms with Crippen molar-refractivity contribution in [3.63, 3.8) is 0 Å². The molecule has 1 saturated carbocycles. The van der Waals surface area contributed by atoms with Crippen molar-refractivity contribution in [1.82, 2.24) is 15.1 Å². The molecule has 7 heteroatoms. The highest BCUT2D eigenvalue weighted by atomic mass is 79.9. The summed E-state index contributed by atoms with van der Waals surface area (Å²) in [6.45, 7) is 2.01. The fraction of sp³-hybridized carbons (Fsp3) is 0.652. The van der Waals surface area contributed by atoms with E-state index in [0.717, 1.165) is 68.1 Å². The molecule has 2 heterocycles. The third kappa shape index (κ3) is 2.92. The van der Waals surface area contributed by atoms with E-state index in [-0.39, 0.29) is 23.5 Å². The second-order valence-electron chi connectivity index (χ2n) is 9.58. The van der Waals surface area contributed by atoms with Gasteiger partial charge in [0.05, 0.1) is 6.10 Å². The molecule has 1 N–H and O–H groups in total. The topological polar surface area (TPSA) is 44.8 Å². The Morgan fingerprint density at radius 3 is 2.57 bits per heavy atom. The fourth-order valence-corrected chi connectivity index (χ4v) is 7.19. The predicted molar refractivity (Wildman–Crippen MR) is 124 cm³/mol. The number of amides is 1. The SMILES string of the molecule is COC1CCC2(CC1)Cc1ccc(Br)cc1C21NC(=S)N(C2CCN(C)CC2)C1=O. The average Bonchev–Trinajstić information content (AvgIpc) is 3.16. The number of likely N-dealkylation sites (tertiary alicyclic amines) is 1. The van der Waals surface area contributed by atoms with Crippen molar-refractivity contribution in [2.24, 2.45) is 5.41 Å². The molecule has 1 aromatic carbocycles. The molecule has 30 heavy (non-hydrogen) atoms. The largest absolute Gasteiger partial charge is 0.381 e. The van der Waals surface area contributed by atoms with Gasteiger partial charge in [-0.2, -0.15) is 0 Å². The second kappa shape index (κ2) is 7.54. The third-order valence-electron chi connectivity index (χ3n) is 8.13. The van der Waals surface area contributed by atoms with Crippen LogP contribution in [0.1, 0.15) is 49.7 Å². The normalized spacial score (nSPS) is 34.8. The molecule has 1 aromatic rings. The molecule has 2 saturated heterocycles. The van der Waals surface area contributed by atoms with Gasteiger partial charge >= 0.3 is 0 Å².